The van der Waals surface area contributed by atoms with E-state index < -0.39 is 11.8 Å². The topological polar surface area (TPSA) is 42.2 Å². The van der Waals surface area contributed by atoms with Crippen LogP contribution in [0.1, 0.15) is 16.1 Å². The van der Waals surface area contributed by atoms with E-state index >= 15 is 0 Å². The van der Waals surface area contributed by atoms with Crippen LogP contribution in [0.2, 0.25) is 5.02 Å². The highest BCUT2D eigenvalue weighted by molar-refractivity contribution is 6.32. The van der Waals surface area contributed by atoms with Crippen LogP contribution in [0.25, 0.3) is 5.69 Å². The summed E-state index contributed by atoms with van der Waals surface area (Å²) in [4.78, 5) is 10.9. The van der Waals surface area contributed by atoms with Crippen molar-refractivity contribution in [3.05, 3.63) is 52.6 Å². The normalized spacial score (nSPS) is 10.5. The second-order valence-corrected chi connectivity index (χ2v) is 3.99. The standard InChI is InChI=1S/C12H9ClFNO2/c1-7-9(12(16)17)4-5-15(7)11-3-2-8(14)6-10(11)13/h2-6H,1H3,(H,16,17). The molecule has 0 aliphatic carbocycles. The van der Waals surface area contributed by atoms with Gasteiger partial charge in [0.05, 0.1) is 16.3 Å². The Balaban J connectivity index is 2.57. The first-order valence-electron chi connectivity index (χ1n) is 4.87. The highest BCUT2D eigenvalue weighted by Crippen LogP contribution is 2.24. The van der Waals surface area contributed by atoms with Crippen molar-refractivity contribution in [3.8, 4) is 5.69 Å². The Hall–Kier alpha value is -1.81. The van der Waals surface area contributed by atoms with Crippen LogP contribution in [0.4, 0.5) is 4.39 Å². The van der Waals surface area contributed by atoms with Crippen LogP contribution in [0.3, 0.4) is 0 Å². The lowest BCUT2D eigenvalue weighted by Crippen LogP contribution is -2.01. The minimum atomic E-state index is -1.00. The van der Waals surface area contributed by atoms with Gasteiger partial charge in [-0.3, -0.25) is 0 Å². The van der Waals surface area contributed by atoms with Crippen LogP contribution < -0.4 is 0 Å². The molecule has 0 radical (unpaired) electrons. The lowest BCUT2D eigenvalue weighted by molar-refractivity contribution is 0.0696. The van der Waals surface area contributed by atoms with Crippen molar-refractivity contribution >= 4 is 17.6 Å². The van der Waals surface area contributed by atoms with E-state index in [1.54, 1.807) is 17.7 Å². The van der Waals surface area contributed by atoms with E-state index in [1.807, 2.05) is 0 Å². The predicted molar refractivity (Wildman–Crippen MR) is 62.4 cm³/mol. The van der Waals surface area contributed by atoms with Crippen LogP contribution in [0.15, 0.2) is 30.5 Å². The number of rotatable bonds is 2. The molecule has 3 nitrogen and oxygen atoms in total. The minimum absolute atomic E-state index is 0.199. The Bertz CT molecular complexity index is 592. The van der Waals surface area contributed by atoms with Gasteiger partial charge in [0, 0.05) is 11.9 Å². The van der Waals surface area contributed by atoms with Gasteiger partial charge in [-0.25, -0.2) is 9.18 Å². The second kappa shape index (κ2) is 4.22. The molecule has 0 aliphatic heterocycles. The highest BCUT2D eigenvalue weighted by Gasteiger charge is 2.13. The summed E-state index contributed by atoms with van der Waals surface area (Å²) in [6.07, 6.45) is 1.60. The summed E-state index contributed by atoms with van der Waals surface area (Å²) in [5.41, 5.74) is 1.30. The number of carbonyl (C=O) groups is 1. The summed E-state index contributed by atoms with van der Waals surface area (Å²) in [6.45, 7) is 1.67. The number of carboxylic acid groups (broad SMARTS) is 1. The lowest BCUT2D eigenvalue weighted by Gasteiger charge is -2.08. The molecule has 88 valence electrons. The molecule has 0 unspecified atom stereocenters. The van der Waals surface area contributed by atoms with Crippen molar-refractivity contribution in [2.24, 2.45) is 0 Å². The van der Waals surface area contributed by atoms with Crippen LogP contribution in [0.5, 0.6) is 0 Å². The number of aromatic nitrogens is 1. The molecule has 0 spiro atoms. The van der Waals surface area contributed by atoms with Gasteiger partial charge in [0.2, 0.25) is 0 Å². The maximum absolute atomic E-state index is 12.9. The first-order chi connectivity index (χ1) is 8.00. The monoisotopic (exact) mass is 253 g/mol. The summed E-state index contributed by atoms with van der Waals surface area (Å²) >= 11 is 5.92. The Labute approximate surface area is 102 Å². The molecule has 1 N–H and O–H groups in total. The number of nitrogens with zero attached hydrogens (tertiary/aromatic N) is 1. The molecular formula is C12H9ClFNO2. The van der Waals surface area contributed by atoms with Gasteiger partial charge in [0.15, 0.2) is 0 Å². The third kappa shape index (κ3) is 2.03. The average Bonchev–Trinajstić information content (AvgIpc) is 2.60. The first-order valence-corrected chi connectivity index (χ1v) is 5.25. The van der Waals surface area contributed by atoms with Crippen molar-refractivity contribution in [2.45, 2.75) is 6.92 Å². The Kier molecular flexibility index (Phi) is 2.90. The zero-order valence-electron chi connectivity index (χ0n) is 8.95. The van der Waals surface area contributed by atoms with Crippen LogP contribution in [-0.4, -0.2) is 15.6 Å². The van der Waals surface area contributed by atoms with Gasteiger partial charge >= 0.3 is 5.97 Å². The van der Waals surface area contributed by atoms with Gasteiger partial charge in [-0.2, -0.15) is 0 Å². The zero-order valence-corrected chi connectivity index (χ0v) is 9.70. The van der Waals surface area contributed by atoms with Crippen molar-refractivity contribution < 1.29 is 14.3 Å². The van der Waals surface area contributed by atoms with Gasteiger partial charge in [-0.15, -0.1) is 0 Å². The molecule has 2 aromatic rings. The van der Waals surface area contributed by atoms with E-state index in [1.165, 1.54) is 24.3 Å². The molecule has 5 heteroatoms. The second-order valence-electron chi connectivity index (χ2n) is 3.59. The van der Waals surface area contributed by atoms with Crippen LogP contribution >= 0.6 is 11.6 Å². The molecule has 0 saturated carbocycles. The number of hydrogen-bond donors (Lipinski definition) is 1. The summed E-state index contributed by atoms with van der Waals surface area (Å²) in [5, 5.41) is 9.17. The smallest absolute Gasteiger partial charge is 0.337 e. The summed E-state index contributed by atoms with van der Waals surface area (Å²) in [6, 6.07) is 5.46. The predicted octanol–water partition coefficient (Wildman–Crippen LogP) is 3.28. The molecule has 0 amide bonds. The number of hydrogen-bond acceptors (Lipinski definition) is 1. The lowest BCUT2D eigenvalue weighted by atomic mass is 10.2. The number of halogens is 2. The van der Waals surface area contributed by atoms with E-state index in [2.05, 4.69) is 0 Å². The van der Waals surface area contributed by atoms with Crippen LogP contribution in [-0.2, 0) is 0 Å². The maximum Gasteiger partial charge on any atom is 0.337 e. The molecular weight excluding hydrogens is 245 g/mol. The Morgan fingerprint density at radius 3 is 2.65 bits per heavy atom. The van der Waals surface area contributed by atoms with Crippen molar-refractivity contribution in [1.29, 1.82) is 0 Å². The van der Waals surface area contributed by atoms with E-state index in [0.717, 1.165) is 0 Å². The number of aromatic carboxylic acids is 1. The molecule has 1 aromatic heterocycles. The largest absolute Gasteiger partial charge is 0.478 e. The first kappa shape index (κ1) is 11.7. The fourth-order valence-electron chi connectivity index (χ4n) is 1.67. The quantitative estimate of drug-likeness (QED) is 0.892. The molecule has 0 bridgehead atoms. The summed E-state index contributed by atoms with van der Waals surface area (Å²) in [5.74, 6) is -1.43. The molecule has 1 heterocycles. The van der Waals surface area contributed by atoms with Gasteiger partial charge in [-0.1, -0.05) is 11.6 Å². The molecule has 0 fully saturated rings. The Morgan fingerprint density at radius 1 is 1.41 bits per heavy atom. The number of carboxylic acids is 1. The van der Waals surface area contributed by atoms with Crippen molar-refractivity contribution in [1.82, 2.24) is 4.57 Å². The summed E-state index contributed by atoms with van der Waals surface area (Å²) < 4.78 is 14.5. The highest BCUT2D eigenvalue weighted by atomic mass is 35.5. The Morgan fingerprint density at radius 2 is 2.12 bits per heavy atom. The van der Waals surface area contributed by atoms with Gasteiger partial charge in [-0.05, 0) is 31.2 Å². The number of benzene rings is 1. The van der Waals surface area contributed by atoms with Crippen molar-refractivity contribution in [2.75, 3.05) is 0 Å². The fraction of sp³-hybridized carbons (Fsp3) is 0.0833. The van der Waals surface area contributed by atoms with Gasteiger partial charge in [0.1, 0.15) is 5.82 Å². The molecule has 1 aromatic carbocycles. The van der Waals surface area contributed by atoms with Gasteiger partial charge in [0.25, 0.3) is 0 Å². The van der Waals surface area contributed by atoms with Gasteiger partial charge < -0.3 is 9.67 Å². The van der Waals surface area contributed by atoms with E-state index in [0.29, 0.717) is 11.4 Å². The molecule has 0 atom stereocenters. The van der Waals surface area contributed by atoms with E-state index in [9.17, 15) is 9.18 Å². The molecule has 2 rings (SSSR count). The molecule has 0 aliphatic rings. The zero-order chi connectivity index (χ0) is 12.6. The van der Waals surface area contributed by atoms with E-state index in [-0.39, 0.29) is 10.6 Å². The van der Waals surface area contributed by atoms with E-state index in [4.69, 9.17) is 16.7 Å². The third-order valence-corrected chi connectivity index (χ3v) is 2.84. The molecule has 17 heavy (non-hydrogen) atoms. The van der Waals surface area contributed by atoms with Crippen LogP contribution in [0, 0.1) is 12.7 Å². The SMILES string of the molecule is Cc1c(C(=O)O)ccn1-c1ccc(F)cc1Cl. The maximum atomic E-state index is 12.9. The minimum Gasteiger partial charge on any atom is -0.478 e. The fourth-order valence-corrected chi connectivity index (χ4v) is 1.93. The average molecular weight is 254 g/mol. The molecule has 0 saturated heterocycles. The van der Waals surface area contributed by atoms with Crippen molar-refractivity contribution in [3.63, 3.8) is 0 Å². The third-order valence-electron chi connectivity index (χ3n) is 2.54. The summed E-state index contributed by atoms with van der Waals surface area (Å²) in [7, 11) is 0.